The van der Waals surface area contributed by atoms with Crippen LogP contribution in [0.3, 0.4) is 0 Å². The number of hydrogen-bond donors (Lipinski definition) is 2. The van der Waals surface area contributed by atoms with E-state index in [0.717, 1.165) is 19.5 Å². The van der Waals surface area contributed by atoms with Gasteiger partial charge in [0.15, 0.2) is 0 Å². The first-order chi connectivity index (χ1) is 7.33. The zero-order valence-electron chi connectivity index (χ0n) is 9.55. The molecule has 15 heavy (non-hydrogen) atoms. The molecule has 0 aromatic heterocycles. The van der Waals surface area contributed by atoms with Crippen LogP contribution in [0.2, 0.25) is 0 Å². The molecule has 1 aliphatic rings. The van der Waals surface area contributed by atoms with Gasteiger partial charge < -0.3 is 10.6 Å². The predicted octanol–water partition coefficient (Wildman–Crippen LogP) is 1.25. The van der Waals surface area contributed by atoms with Gasteiger partial charge in [-0.25, -0.2) is 0 Å². The fraction of sp³-hybridized carbons (Fsp3) is 0.909. The molecule has 0 bridgehead atoms. The van der Waals surface area contributed by atoms with Gasteiger partial charge in [-0.15, -0.1) is 0 Å². The molecule has 1 heterocycles. The van der Waals surface area contributed by atoms with Crippen LogP contribution >= 0.6 is 11.8 Å². The summed E-state index contributed by atoms with van der Waals surface area (Å²) < 4.78 is 0. The van der Waals surface area contributed by atoms with E-state index in [1.54, 1.807) is 0 Å². The smallest absolute Gasteiger partial charge is 0.233 e. The van der Waals surface area contributed by atoms with Crippen LogP contribution in [0.5, 0.6) is 0 Å². The Morgan fingerprint density at radius 1 is 1.40 bits per heavy atom. The minimum atomic E-state index is 0.140. The quantitative estimate of drug-likeness (QED) is 0.675. The van der Waals surface area contributed by atoms with Crippen molar-refractivity contribution in [1.29, 1.82) is 0 Å². The monoisotopic (exact) mass is 230 g/mol. The van der Waals surface area contributed by atoms with Crippen LogP contribution in [0.15, 0.2) is 0 Å². The molecule has 0 spiro atoms. The molecule has 1 fully saturated rings. The van der Waals surface area contributed by atoms with Crippen LogP contribution in [-0.2, 0) is 4.79 Å². The van der Waals surface area contributed by atoms with E-state index in [4.69, 9.17) is 0 Å². The summed E-state index contributed by atoms with van der Waals surface area (Å²) in [5.74, 6) is 3.37. The Morgan fingerprint density at radius 3 is 2.80 bits per heavy atom. The molecule has 0 aromatic rings. The van der Waals surface area contributed by atoms with Gasteiger partial charge in [0.05, 0.1) is 6.54 Å². The van der Waals surface area contributed by atoms with Crippen molar-refractivity contribution in [2.24, 2.45) is 5.92 Å². The number of nitrogens with one attached hydrogen (secondary N) is 2. The first-order valence-corrected chi connectivity index (χ1v) is 7.03. The van der Waals surface area contributed by atoms with Crippen molar-refractivity contribution in [1.82, 2.24) is 10.6 Å². The van der Waals surface area contributed by atoms with Crippen molar-refractivity contribution in [3.8, 4) is 0 Å². The zero-order chi connectivity index (χ0) is 10.9. The standard InChI is InChI=1S/C11H22N2OS/c1-2-5-12-9-11(14)13-8-10-3-6-15-7-4-10/h10,12H,2-9H2,1H3,(H,13,14). The lowest BCUT2D eigenvalue weighted by Gasteiger charge is -2.21. The summed E-state index contributed by atoms with van der Waals surface area (Å²) in [6, 6.07) is 0. The highest BCUT2D eigenvalue weighted by atomic mass is 32.2. The average Bonchev–Trinajstić information content (AvgIpc) is 2.28. The highest BCUT2D eigenvalue weighted by Gasteiger charge is 2.14. The summed E-state index contributed by atoms with van der Waals surface area (Å²) in [4.78, 5) is 11.4. The van der Waals surface area contributed by atoms with Gasteiger partial charge in [0.1, 0.15) is 0 Å². The Hall–Kier alpha value is -0.220. The van der Waals surface area contributed by atoms with Crippen LogP contribution in [0.4, 0.5) is 0 Å². The number of carbonyl (C=O) groups is 1. The van der Waals surface area contributed by atoms with Crippen molar-refractivity contribution in [3.63, 3.8) is 0 Å². The third-order valence-corrected chi connectivity index (χ3v) is 3.69. The zero-order valence-corrected chi connectivity index (χ0v) is 10.4. The summed E-state index contributed by atoms with van der Waals surface area (Å²) in [5.41, 5.74) is 0. The van der Waals surface area contributed by atoms with Gasteiger partial charge in [-0.3, -0.25) is 4.79 Å². The third-order valence-electron chi connectivity index (χ3n) is 2.64. The second kappa shape index (κ2) is 7.99. The molecule has 0 aliphatic carbocycles. The molecule has 88 valence electrons. The van der Waals surface area contributed by atoms with E-state index in [1.807, 2.05) is 11.8 Å². The summed E-state index contributed by atoms with van der Waals surface area (Å²) in [6.45, 7) is 4.36. The Kier molecular flexibility index (Phi) is 6.85. The van der Waals surface area contributed by atoms with Crippen molar-refractivity contribution in [2.75, 3.05) is 31.1 Å². The Balaban J connectivity index is 2.00. The first-order valence-electron chi connectivity index (χ1n) is 5.88. The second-order valence-corrected chi connectivity index (χ2v) is 5.26. The summed E-state index contributed by atoms with van der Waals surface area (Å²) in [6.07, 6.45) is 3.59. The largest absolute Gasteiger partial charge is 0.355 e. The molecule has 0 atom stereocenters. The van der Waals surface area contributed by atoms with E-state index in [1.165, 1.54) is 24.3 Å². The fourth-order valence-electron chi connectivity index (χ4n) is 1.65. The maximum absolute atomic E-state index is 11.4. The molecule has 0 aromatic carbocycles. The van der Waals surface area contributed by atoms with Gasteiger partial charge in [0, 0.05) is 6.54 Å². The lowest BCUT2D eigenvalue weighted by Crippen LogP contribution is -2.37. The molecular weight excluding hydrogens is 208 g/mol. The molecule has 0 saturated carbocycles. The molecule has 0 unspecified atom stereocenters. The molecule has 3 nitrogen and oxygen atoms in total. The van der Waals surface area contributed by atoms with Crippen molar-refractivity contribution < 1.29 is 4.79 Å². The normalized spacial score (nSPS) is 17.7. The highest BCUT2D eigenvalue weighted by molar-refractivity contribution is 7.99. The van der Waals surface area contributed by atoms with Gasteiger partial charge in [-0.2, -0.15) is 11.8 Å². The molecule has 2 N–H and O–H groups in total. The van der Waals surface area contributed by atoms with Crippen LogP contribution in [0.25, 0.3) is 0 Å². The summed E-state index contributed by atoms with van der Waals surface area (Å²) in [5, 5.41) is 6.11. The van der Waals surface area contributed by atoms with Gasteiger partial charge in [-0.1, -0.05) is 6.92 Å². The predicted molar refractivity (Wildman–Crippen MR) is 66.2 cm³/mol. The first kappa shape index (κ1) is 12.8. The van der Waals surface area contributed by atoms with Crippen molar-refractivity contribution in [2.45, 2.75) is 26.2 Å². The van der Waals surface area contributed by atoms with E-state index in [-0.39, 0.29) is 5.91 Å². The number of rotatable bonds is 6. The van der Waals surface area contributed by atoms with Gasteiger partial charge in [-0.05, 0) is 43.2 Å². The SMILES string of the molecule is CCCNCC(=O)NCC1CCSCC1. The van der Waals surface area contributed by atoms with E-state index in [9.17, 15) is 4.79 Å². The van der Waals surface area contributed by atoms with E-state index < -0.39 is 0 Å². The number of hydrogen-bond acceptors (Lipinski definition) is 3. The molecule has 1 rings (SSSR count). The average molecular weight is 230 g/mol. The van der Waals surface area contributed by atoms with Gasteiger partial charge in [0.25, 0.3) is 0 Å². The van der Waals surface area contributed by atoms with Crippen LogP contribution in [0, 0.1) is 5.92 Å². The Morgan fingerprint density at radius 2 is 2.13 bits per heavy atom. The van der Waals surface area contributed by atoms with Gasteiger partial charge in [0.2, 0.25) is 5.91 Å². The number of carbonyl (C=O) groups excluding carboxylic acids is 1. The molecular formula is C11H22N2OS. The Labute approximate surface area is 96.8 Å². The number of amides is 1. The molecule has 4 heteroatoms. The minimum absolute atomic E-state index is 0.140. The van der Waals surface area contributed by atoms with E-state index in [2.05, 4.69) is 17.6 Å². The lowest BCUT2D eigenvalue weighted by atomic mass is 10.0. The minimum Gasteiger partial charge on any atom is -0.355 e. The highest BCUT2D eigenvalue weighted by Crippen LogP contribution is 2.21. The topological polar surface area (TPSA) is 41.1 Å². The van der Waals surface area contributed by atoms with E-state index >= 15 is 0 Å². The number of thioether (sulfide) groups is 1. The Bertz CT molecular complexity index is 181. The fourth-order valence-corrected chi connectivity index (χ4v) is 2.85. The summed E-state index contributed by atoms with van der Waals surface area (Å²) in [7, 11) is 0. The van der Waals surface area contributed by atoms with E-state index in [0.29, 0.717) is 12.5 Å². The van der Waals surface area contributed by atoms with Gasteiger partial charge >= 0.3 is 0 Å². The van der Waals surface area contributed by atoms with Crippen LogP contribution in [0.1, 0.15) is 26.2 Å². The summed E-state index contributed by atoms with van der Waals surface area (Å²) >= 11 is 2.02. The maximum Gasteiger partial charge on any atom is 0.233 e. The molecule has 0 radical (unpaired) electrons. The second-order valence-electron chi connectivity index (χ2n) is 4.04. The lowest BCUT2D eigenvalue weighted by molar-refractivity contribution is -0.120. The van der Waals surface area contributed by atoms with Crippen LogP contribution < -0.4 is 10.6 Å². The molecule has 1 amide bonds. The third kappa shape index (κ3) is 6.05. The van der Waals surface area contributed by atoms with Crippen LogP contribution in [-0.4, -0.2) is 37.0 Å². The molecule has 1 saturated heterocycles. The van der Waals surface area contributed by atoms with Crippen molar-refractivity contribution >= 4 is 17.7 Å². The van der Waals surface area contributed by atoms with Crippen molar-refractivity contribution in [3.05, 3.63) is 0 Å². The molecule has 1 aliphatic heterocycles. The maximum atomic E-state index is 11.4.